The van der Waals surface area contributed by atoms with Crippen molar-refractivity contribution in [2.75, 3.05) is 25.6 Å². The highest BCUT2D eigenvalue weighted by Crippen LogP contribution is 2.02. The van der Waals surface area contributed by atoms with Crippen LogP contribution in [0.1, 0.15) is 30.7 Å². The monoisotopic (exact) mass is 224 g/mol. The van der Waals surface area contributed by atoms with Crippen LogP contribution in [0.4, 0.5) is 5.95 Å². The number of methoxy groups -OCH3 is 1. The number of hydrogen-bond donors (Lipinski definition) is 1. The molecule has 0 spiro atoms. The van der Waals surface area contributed by atoms with Gasteiger partial charge in [-0.2, -0.15) is 5.10 Å². The molecule has 0 saturated heterocycles. The van der Waals surface area contributed by atoms with Gasteiger partial charge in [0.05, 0.1) is 11.4 Å². The molecule has 0 atom stereocenters. The molecule has 0 fully saturated rings. The third-order valence-corrected chi connectivity index (χ3v) is 2.40. The van der Waals surface area contributed by atoms with Crippen LogP contribution in [-0.4, -0.2) is 35.4 Å². The molecular formula is C11H20N4O. The molecule has 1 rings (SSSR count). The second-order valence-electron chi connectivity index (χ2n) is 3.79. The molecule has 0 aliphatic rings. The van der Waals surface area contributed by atoms with Gasteiger partial charge in [0.25, 0.3) is 0 Å². The molecule has 16 heavy (non-hydrogen) atoms. The molecule has 0 aliphatic heterocycles. The van der Waals surface area contributed by atoms with Gasteiger partial charge in [0.15, 0.2) is 0 Å². The second-order valence-corrected chi connectivity index (χ2v) is 3.79. The van der Waals surface area contributed by atoms with Crippen LogP contribution in [0, 0.1) is 13.8 Å². The van der Waals surface area contributed by atoms with Gasteiger partial charge in [0, 0.05) is 20.3 Å². The molecule has 0 aliphatic carbocycles. The first-order valence-electron chi connectivity index (χ1n) is 5.64. The van der Waals surface area contributed by atoms with Gasteiger partial charge in [-0.1, -0.05) is 0 Å². The standard InChI is InChI=1S/C11H20N4O/c1-9-10(2)14-15-11(13-9)12-7-5-4-6-8-16-3/h4-8H2,1-3H3,(H,12,13,15). The van der Waals surface area contributed by atoms with E-state index in [1.807, 2.05) is 13.8 Å². The normalized spacial score (nSPS) is 10.4. The molecule has 0 radical (unpaired) electrons. The molecule has 0 amide bonds. The van der Waals surface area contributed by atoms with Crippen molar-refractivity contribution in [3.63, 3.8) is 0 Å². The van der Waals surface area contributed by atoms with Gasteiger partial charge in [0.1, 0.15) is 0 Å². The largest absolute Gasteiger partial charge is 0.385 e. The molecule has 0 bridgehead atoms. The minimum atomic E-state index is 0.620. The Morgan fingerprint density at radius 2 is 1.88 bits per heavy atom. The van der Waals surface area contributed by atoms with Crippen LogP contribution in [-0.2, 0) is 4.74 Å². The lowest BCUT2D eigenvalue weighted by Crippen LogP contribution is -2.08. The number of anilines is 1. The second kappa shape index (κ2) is 7.11. The van der Waals surface area contributed by atoms with E-state index in [0.717, 1.165) is 43.8 Å². The van der Waals surface area contributed by atoms with Crippen LogP contribution in [0.5, 0.6) is 0 Å². The summed E-state index contributed by atoms with van der Waals surface area (Å²) in [6.45, 7) is 5.56. The Bertz CT molecular complexity index is 317. The maximum Gasteiger partial charge on any atom is 0.242 e. The minimum Gasteiger partial charge on any atom is -0.385 e. The van der Waals surface area contributed by atoms with Crippen LogP contribution in [0.3, 0.4) is 0 Å². The van der Waals surface area contributed by atoms with E-state index >= 15 is 0 Å². The lowest BCUT2D eigenvalue weighted by molar-refractivity contribution is 0.192. The van der Waals surface area contributed by atoms with E-state index in [1.54, 1.807) is 7.11 Å². The first-order valence-corrected chi connectivity index (χ1v) is 5.64. The summed E-state index contributed by atoms with van der Waals surface area (Å²) >= 11 is 0. The van der Waals surface area contributed by atoms with Crippen molar-refractivity contribution < 1.29 is 4.74 Å². The molecule has 5 heteroatoms. The number of nitrogens with one attached hydrogen (secondary N) is 1. The van der Waals surface area contributed by atoms with Gasteiger partial charge in [-0.15, -0.1) is 5.10 Å². The summed E-state index contributed by atoms with van der Waals surface area (Å²) in [4.78, 5) is 4.30. The summed E-state index contributed by atoms with van der Waals surface area (Å²) in [5.41, 5.74) is 1.81. The third kappa shape index (κ3) is 4.53. The average molecular weight is 224 g/mol. The lowest BCUT2D eigenvalue weighted by Gasteiger charge is -2.05. The van der Waals surface area contributed by atoms with Gasteiger partial charge >= 0.3 is 0 Å². The Morgan fingerprint density at radius 1 is 1.06 bits per heavy atom. The zero-order valence-corrected chi connectivity index (χ0v) is 10.3. The number of unbranched alkanes of at least 4 members (excludes halogenated alkanes) is 2. The third-order valence-electron chi connectivity index (χ3n) is 2.40. The van der Waals surface area contributed by atoms with Gasteiger partial charge in [-0.05, 0) is 33.1 Å². The predicted octanol–water partition coefficient (Wildman–Crippen LogP) is 1.72. The van der Waals surface area contributed by atoms with Crippen LogP contribution >= 0.6 is 0 Å². The molecule has 5 nitrogen and oxygen atoms in total. The SMILES string of the molecule is COCCCCCNc1nnc(C)c(C)n1. The quantitative estimate of drug-likeness (QED) is 0.714. The first-order chi connectivity index (χ1) is 7.74. The van der Waals surface area contributed by atoms with Crippen molar-refractivity contribution in [2.45, 2.75) is 33.1 Å². The Balaban J connectivity index is 2.19. The van der Waals surface area contributed by atoms with E-state index in [-0.39, 0.29) is 0 Å². The Morgan fingerprint density at radius 3 is 2.56 bits per heavy atom. The number of rotatable bonds is 7. The number of aryl methyl sites for hydroxylation is 2. The molecule has 1 heterocycles. The number of hydrogen-bond acceptors (Lipinski definition) is 5. The summed E-state index contributed by atoms with van der Waals surface area (Å²) in [6.07, 6.45) is 3.35. The highest BCUT2D eigenvalue weighted by atomic mass is 16.5. The van der Waals surface area contributed by atoms with Crippen molar-refractivity contribution in [2.24, 2.45) is 0 Å². The maximum absolute atomic E-state index is 4.98. The van der Waals surface area contributed by atoms with Crippen molar-refractivity contribution >= 4 is 5.95 Å². The summed E-state index contributed by atoms with van der Waals surface area (Å²) in [5, 5.41) is 11.2. The fraction of sp³-hybridized carbons (Fsp3) is 0.727. The topological polar surface area (TPSA) is 59.9 Å². The Labute approximate surface area is 96.6 Å². The van der Waals surface area contributed by atoms with Crippen LogP contribution in [0.2, 0.25) is 0 Å². The lowest BCUT2D eigenvalue weighted by atomic mass is 10.2. The van der Waals surface area contributed by atoms with E-state index < -0.39 is 0 Å². The van der Waals surface area contributed by atoms with Gasteiger partial charge in [0.2, 0.25) is 5.95 Å². The van der Waals surface area contributed by atoms with E-state index in [4.69, 9.17) is 4.74 Å². The fourth-order valence-corrected chi connectivity index (χ4v) is 1.28. The molecule has 1 N–H and O–H groups in total. The van der Waals surface area contributed by atoms with E-state index in [1.165, 1.54) is 0 Å². The van der Waals surface area contributed by atoms with Crippen LogP contribution < -0.4 is 5.32 Å². The summed E-state index contributed by atoms with van der Waals surface area (Å²) in [6, 6.07) is 0. The molecule has 0 aromatic carbocycles. The van der Waals surface area contributed by atoms with E-state index in [9.17, 15) is 0 Å². The molecule has 1 aromatic heterocycles. The summed E-state index contributed by atoms with van der Waals surface area (Å²) in [5.74, 6) is 0.620. The minimum absolute atomic E-state index is 0.620. The van der Waals surface area contributed by atoms with Gasteiger partial charge in [-0.3, -0.25) is 0 Å². The van der Waals surface area contributed by atoms with Crippen molar-refractivity contribution in [1.29, 1.82) is 0 Å². The smallest absolute Gasteiger partial charge is 0.242 e. The average Bonchev–Trinajstić information content (AvgIpc) is 2.28. The highest BCUT2D eigenvalue weighted by molar-refractivity contribution is 5.24. The van der Waals surface area contributed by atoms with Crippen molar-refractivity contribution in [3.05, 3.63) is 11.4 Å². The molecule has 90 valence electrons. The Kier molecular flexibility index (Phi) is 5.71. The number of nitrogens with zero attached hydrogens (tertiary/aromatic N) is 3. The van der Waals surface area contributed by atoms with Crippen LogP contribution in [0.25, 0.3) is 0 Å². The molecule has 1 aromatic rings. The summed E-state index contributed by atoms with van der Waals surface area (Å²) in [7, 11) is 1.73. The number of aromatic nitrogens is 3. The maximum atomic E-state index is 4.98. The first kappa shape index (κ1) is 12.8. The Hall–Kier alpha value is -1.23. The molecule has 0 unspecified atom stereocenters. The fourth-order valence-electron chi connectivity index (χ4n) is 1.28. The predicted molar refractivity (Wildman–Crippen MR) is 63.5 cm³/mol. The van der Waals surface area contributed by atoms with Crippen molar-refractivity contribution in [1.82, 2.24) is 15.2 Å². The van der Waals surface area contributed by atoms with Crippen LogP contribution in [0.15, 0.2) is 0 Å². The van der Waals surface area contributed by atoms with Gasteiger partial charge < -0.3 is 10.1 Å². The highest BCUT2D eigenvalue weighted by Gasteiger charge is 1.99. The summed E-state index contributed by atoms with van der Waals surface area (Å²) < 4.78 is 4.98. The zero-order valence-electron chi connectivity index (χ0n) is 10.3. The van der Waals surface area contributed by atoms with Crippen molar-refractivity contribution in [3.8, 4) is 0 Å². The van der Waals surface area contributed by atoms with E-state index in [0.29, 0.717) is 5.95 Å². The van der Waals surface area contributed by atoms with Gasteiger partial charge in [-0.25, -0.2) is 4.98 Å². The van der Waals surface area contributed by atoms with E-state index in [2.05, 4.69) is 20.5 Å². The zero-order chi connectivity index (χ0) is 11.8. The number of ether oxygens (including phenoxy) is 1. The molecule has 0 saturated carbocycles. The molecular weight excluding hydrogens is 204 g/mol.